The number of carbonyl (C=O) groups excluding carboxylic acids is 1. The Morgan fingerprint density at radius 1 is 1.14 bits per heavy atom. The molecule has 120 valence electrons. The van der Waals surface area contributed by atoms with Gasteiger partial charge in [-0.3, -0.25) is 4.79 Å². The molecular weight excluding hydrogens is 299 g/mol. The first-order chi connectivity index (χ1) is 10.4. The average molecular weight is 315 g/mol. The van der Waals surface area contributed by atoms with E-state index in [1.807, 2.05) is 0 Å². The minimum absolute atomic E-state index is 0.0306. The van der Waals surface area contributed by atoms with E-state index < -0.39 is 6.36 Å². The summed E-state index contributed by atoms with van der Waals surface area (Å²) in [5.41, 5.74) is 0.417. The standard InChI is InChI=1S/C15H16F3NO3/c16-15(17,18)22-13-3-1-9(2-4-13)14(20)10-5-11-7-21-8-12(6-10)19-11/h1-4,10-12,19H,5-8H2. The van der Waals surface area contributed by atoms with Crippen molar-refractivity contribution in [1.29, 1.82) is 0 Å². The summed E-state index contributed by atoms with van der Waals surface area (Å²) >= 11 is 0. The molecule has 7 heteroatoms. The lowest BCUT2D eigenvalue weighted by Gasteiger charge is -2.39. The molecule has 2 aliphatic heterocycles. The fourth-order valence-corrected chi connectivity index (χ4v) is 3.11. The van der Waals surface area contributed by atoms with Crippen molar-refractivity contribution in [2.24, 2.45) is 5.92 Å². The van der Waals surface area contributed by atoms with Gasteiger partial charge in [0, 0.05) is 23.6 Å². The Balaban J connectivity index is 1.67. The summed E-state index contributed by atoms with van der Waals surface area (Å²) in [5.74, 6) is -0.467. The number of hydrogen-bond acceptors (Lipinski definition) is 4. The molecule has 22 heavy (non-hydrogen) atoms. The Morgan fingerprint density at radius 2 is 1.73 bits per heavy atom. The van der Waals surface area contributed by atoms with Crippen LogP contribution in [0.3, 0.4) is 0 Å². The zero-order valence-corrected chi connectivity index (χ0v) is 11.7. The van der Waals surface area contributed by atoms with Gasteiger partial charge >= 0.3 is 6.36 Å². The Labute approximate surface area is 125 Å². The first-order valence-electron chi connectivity index (χ1n) is 7.14. The average Bonchev–Trinajstić information content (AvgIpc) is 2.45. The van der Waals surface area contributed by atoms with Crippen molar-refractivity contribution in [1.82, 2.24) is 5.32 Å². The van der Waals surface area contributed by atoms with Crippen LogP contribution in [0.2, 0.25) is 0 Å². The lowest BCUT2D eigenvalue weighted by atomic mass is 9.82. The molecule has 1 aromatic rings. The van der Waals surface area contributed by atoms with Gasteiger partial charge in [-0.25, -0.2) is 0 Å². The molecule has 2 atom stereocenters. The van der Waals surface area contributed by atoms with Crippen molar-refractivity contribution in [2.75, 3.05) is 13.2 Å². The highest BCUT2D eigenvalue weighted by Gasteiger charge is 2.35. The zero-order chi connectivity index (χ0) is 15.7. The van der Waals surface area contributed by atoms with Crippen LogP contribution in [0.25, 0.3) is 0 Å². The SMILES string of the molecule is O=C(c1ccc(OC(F)(F)F)cc1)C1CC2COCC(C1)N2. The largest absolute Gasteiger partial charge is 0.573 e. The van der Waals surface area contributed by atoms with Crippen molar-refractivity contribution in [3.05, 3.63) is 29.8 Å². The van der Waals surface area contributed by atoms with Crippen molar-refractivity contribution < 1.29 is 27.4 Å². The lowest BCUT2D eigenvalue weighted by molar-refractivity contribution is -0.274. The maximum Gasteiger partial charge on any atom is 0.573 e. The van der Waals surface area contributed by atoms with Gasteiger partial charge in [0.15, 0.2) is 5.78 Å². The third-order valence-electron chi connectivity index (χ3n) is 3.99. The van der Waals surface area contributed by atoms with Crippen molar-refractivity contribution >= 4 is 5.78 Å². The highest BCUT2D eigenvalue weighted by atomic mass is 19.4. The van der Waals surface area contributed by atoms with Gasteiger partial charge < -0.3 is 14.8 Å². The van der Waals surface area contributed by atoms with E-state index in [0.717, 1.165) is 0 Å². The molecular formula is C15H16F3NO3. The van der Waals surface area contributed by atoms with Gasteiger partial charge in [-0.05, 0) is 37.1 Å². The van der Waals surface area contributed by atoms with E-state index in [1.54, 1.807) is 0 Å². The van der Waals surface area contributed by atoms with E-state index in [4.69, 9.17) is 4.74 Å². The molecule has 0 spiro atoms. The highest BCUT2D eigenvalue weighted by Crippen LogP contribution is 2.28. The molecule has 2 heterocycles. The van der Waals surface area contributed by atoms with E-state index in [1.165, 1.54) is 24.3 Å². The smallest absolute Gasteiger partial charge is 0.406 e. The summed E-state index contributed by atoms with van der Waals surface area (Å²) in [4.78, 5) is 12.5. The third kappa shape index (κ3) is 3.59. The van der Waals surface area contributed by atoms with Crippen LogP contribution < -0.4 is 10.1 Å². The van der Waals surface area contributed by atoms with Crippen LogP contribution in [-0.4, -0.2) is 37.4 Å². The van der Waals surface area contributed by atoms with Crippen LogP contribution in [0.15, 0.2) is 24.3 Å². The molecule has 1 N–H and O–H groups in total. The quantitative estimate of drug-likeness (QED) is 0.871. The van der Waals surface area contributed by atoms with Gasteiger partial charge in [-0.2, -0.15) is 0 Å². The Kier molecular flexibility index (Phi) is 4.10. The number of benzene rings is 1. The van der Waals surface area contributed by atoms with Crippen LogP contribution in [0, 0.1) is 5.92 Å². The Morgan fingerprint density at radius 3 is 2.27 bits per heavy atom. The Bertz CT molecular complexity index is 532. The molecule has 2 unspecified atom stereocenters. The van der Waals surface area contributed by atoms with Gasteiger partial charge in [0.2, 0.25) is 0 Å². The number of ether oxygens (including phenoxy) is 2. The van der Waals surface area contributed by atoms with Gasteiger partial charge in [0.1, 0.15) is 5.75 Å². The minimum Gasteiger partial charge on any atom is -0.406 e. The number of alkyl halides is 3. The fourth-order valence-electron chi connectivity index (χ4n) is 3.11. The number of carbonyl (C=O) groups is 1. The third-order valence-corrected chi connectivity index (χ3v) is 3.99. The summed E-state index contributed by atoms with van der Waals surface area (Å²) in [5, 5.41) is 3.40. The molecule has 2 fully saturated rings. The van der Waals surface area contributed by atoms with Crippen molar-refractivity contribution in [3.8, 4) is 5.75 Å². The number of ketones is 1. The normalized spacial score (nSPS) is 28.2. The lowest BCUT2D eigenvalue weighted by Crippen LogP contribution is -2.55. The summed E-state index contributed by atoms with van der Waals surface area (Å²) in [6.07, 6.45) is -3.34. The number of Topliss-reactive ketones (excluding diaryl/α,β-unsaturated/α-hetero) is 1. The number of morpholine rings is 1. The van der Waals surface area contributed by atoms with Crippen LogP contribution >= 0.6 is 0 Å². The van der Waals surface area contributed by atoms with Crippen molar-refractivity contribution in [2.45, 2.75) is 31.3 Å². The monoisotopic (exact) mass is 315 g/mol. The second-order valence-electron chi connectivity index (χ2n) is 5.70. The number of rotatable bonds is 3. The van der Waals surface area contributed by atoms with Gasteiger partial charge in [-0.1, -0.05) is 0 Å². The predicted octanol–water partition coefficient (Wildman–Crippen LogP) is 2.53. The van der Waals surface area contributed by atoms with Crippen molar-refractivity contribution in [3.63, 3.8) is 0 Å². The molecule has 4 nitrogen and oxygen atoms in total. The minimum atomic E-state index is -4.72. The van der Waals surface area contributed by atoms with Gasteiger partial charge in [0.25, 0.3) is 0 Å². The summed E-state index contributed by atoms with van der Waals surface area (Å²) < 4.78 is 45.6. The summed E-state index contributed by atoms with van der Waals surface area (Å²) in [6.45, 7) is 1.19. The molecule has 0 aromatic heterocycles. The van der Waals surface area contributed by atoms with Crippen LogP contribution in [0.1, 0.15) is 23.2 Å². The topological polar surface area (TPSA) is 47.6 Å². The van der Waals surface area contributed by atoms with E-state index in [9.17, 15) is 18.0 Å². The molecule has 1 aromatic carbocycles. The number of piperidine rings is 1. The molecule has 2 bridgehead atoms. The molecule has 0 amide bonds. The molecule has 0 saturated carbocycles. The van der Waals surface area contributed by atoms with E-state index in [0.29, 0.717) is 31.6 Å². The Hall–Kier alpha value is -1.60. The van der Waals surface area contributed by atoms with Gasteiger partial charge in [-0.15, -0.1) is 13.2 Å². The van der Waals surface area contributed by atoms with Crippen LogP contribution in [0.4, 0.5) is 13.2 Å². The number of fused-ring (bicyclic) bond motifs is 2. The molecule has 2 saturated heterocycles. The summed E-state index contributed by atoms with van der Waals surface area (Å²) in [7, 11) is 0. The van der Waals surface area contributed by atoms with Gasteiger partial charge in [0.05, 0.1) is 13.2 Å². The number of halogens is 3. The van der Waals surface area contributed by atoms with Crippen LogP contribution in [0.5, 0.6) is 5.75 Å². The molecule has 0 radical (unpaired) electrons. The molecule has 0 aliphatic carbocycles. The second-order valence-corrected chi connectivity index (χ2v) is 5.70. The zero-order valence-electron chi connectivity index (χ0n) is 11.7. The van der Waals surface area contributed by atoms with E-state index in [2.05, 4.69) is 10.1 Å². The van der Waals surface area contributed by atoms with E-state index >= 15 is 0 Å². The molecule has 2 aliphatic rings. The van der Waals surface area contributed by atoms with Crippen LogP contribution in [-0.2, 0) is 4.74 Å². The molecule has 3 rings (SSSR count). The first kappa shape index (κ1) is 15.3. The first-order valence-corrected chi connectivity index (χ1v) is 7.14. The number of nitrogens with one attached hydrogen (secondary N) is 1. The maximum absolute atomic E-state index is 12.5. The number of hydrogen-bond donors (Lipinski definition) is 1. The summed E-state index contributed by atoms with van der Waals surface area (Å²) in [6, 6.07) is 5.47. The van der Waals surface area contributed by atoms with E-state index in [-0.39, 0.29) is 29.5 Å². The predicted molar refractivity (Wildman–Crippen MR) is 71.7 cm³/mol. The highest BCUT2D eigenvalue weighted by molar-refractivity contribution is 5.98. The maximum atomic E-state index is 12.5. The fraction of sp³-hybridized carbons (Fsp3) is 0.533. The second kappa shape index (κ2) is 5.89.